The predicted molar refractivity (Wildman–Crippen MR) is 92.9 cm³/mol. The number of nitrogens with two attached hydrogens (primary N) is 1. The molecule has 1 aromatic heterocycles. The second-order valence-electron chi connectivity index (χ2n) is 4.60. The van der Waals surface area contributed by atoms with E-state index >= 15 is 0 Å². The number of nitrogens with one attached hydrogen (secondary N) is 1. The van der Waals surface area contributed by atoms with E-state index in [9.17, 15) is 0 Å². The molecule has 4 nitrogen and oxygen atoms in total. The van der Waals surface area contributed by atoms with E-state index in [1.165, 1.54) is 0 Å². The van der Waals surface area contributed by atoms with Crippen molar-refractivity contribution < 1.29 is 0 Å². The van der Waals surface area contributed by atoms with Crippen LogP contribution in [0.5, 0.6) is 0 Å². The van der Waals surface area contributed by atoms with Gasteiger partial charge in [0.25, 0.3) is 0 Å². The number of anilines is 3. The number of benzene rings is 2. The largest absolute Gasteiger partial charge is 0.399 e. The first kappa shape index (κ1) is 15.9. The summed E-state index contributed by atoms with van der Waals surface area (Å²) >= 11 is 5.98. The maximum Gasteiger partial charge on any atom is 0.0993 e. The Hall–Kier alpha value is -2.48. The fourth-order valence-corrected chi connectivity index (χ4v) is 2.34. The zero-order valence-electron chi connectivity index (χ0n) is 11.4. The van der Waals surface area contributed by atoms with Crippen molar-refractivity contribution in [2.24, 2.45) is 0 Å². The Morgan fingerprint density at radius 2 is 1.95 bits per heavy atom. The third-order valence-corrected chi connectivity index (χ3v) is 3.30. The molecule has 0 saturated carbocycles. The van der Waals surface area contributed by atoms with Gasteiger partial charge in [0, 0.05) is 33.7 Å². The van der Waals surface area contributed by atoms with Crippen LogP contribution in [0.15, 0.2) is 48.7 Å². The van der Waals surface area contributed by atoms with Gasteiger partial charge in [-0.15, -0.1) is 12.4 Å². The van der Waals surface area contributed by atoms with Gasteiger partial charge in [-0.1, -0.05) is 11.6 Å². The second kappa shape index (κ2) is 6.52. The number of hydrogen-bond donors (Lipinski definition) is 2. The zero-order chi connectivity index (χ0) is 14.8. The number of nitrogen functional groups attached to an aromatic ring is 1. The van der Waals surface area contributed by atoms with Crippen LogP contribution in [-0.4, -0.2) is 4.98 Å². The molecule has 0 aliphatic heterocycles. The summed E-state index contributed by atoms with van der Waals surface area (Å²) in [6, 6.07) is 14.7. The molecule has 22 heavy (non-hydrogen) atoms. The number of pyridine rings is 1. The number of nitriles is 1. The van der Waals surface area contributed by atoms with Crippen LogP contribution in [0.1, 0.15) is 5.56 Å². The molecule has 0 amide bonds. The Balaban J connectivity index is 0.00000176. The zero-order valence-corrected chi connectivity index (χ0v) is 12.9. The van der Waals surface area contributed by atoms with Crippen molar-refractivity contribution >= 4 is 52.0 Å². The van der Waals surface area contributed by atoms with Crippen molar-refractivity contribution in [1.29, 1.82) is 5.26 Å². The fraction of sp³-hybridized carbons (Fsp3) is 0. The standard InChI is InChI=1S/C16H11ClN4.ClH/c17-11-1-2-14-15(3-4-20-16(14)7-11)21-13-6-10(9-18)5-12(19)8-13;/h1-8H,19H2,(H,20,21);1H. The molecule has 0 aliphatic carbocycles. The van der Waals surface area contributed by atoms with Crippen LogP contribution < -0.4 is 11.1 Å². The summed E-state index contributed by atoms with van der Waals surface area (Å²) in [5.74, 6) is 0. The van der Waals surface area contributed by atoms with Crippen LogP contribution in [0, 0.1) is 11.3 Å². The number of fused-ring (bicyclic) bond motifs is 1. The van der Waals surface area contributed by atoms with Gasteiger partial charge in [0.2, 0.25) is 0 Å². The lowest BCUT2D eigenvalue weighted by Gasteiger charge is -2.10. The Labute approximate surface area is 138 Å². The van der Waals surface area contributed by atoms with Gasteiger partial charge < -0.3 is 11.1 Å². The van der Waals surface area contributed by atoms with E-state index in [0.29, 0.717) is 16.3 Å². The third kappa shape index (κ3) is 3.22. The van der Waals surface area contributed by atoms with E-state index in [1.807, 2.05) is 24.3 Å². The summed E-state index contributed by atoms with van der Waals surface area (Å²) in [5.41, 5.74) is 9.29. The molecule has 3 rings (SSSR count). The Bertz CT molecular complexity index is 872. The molecular weight excluding hydrogens is 319 g/mol. The Kier molecular flexibility index (Phi) is 4.71. The van der Waals surface area contributed by atoms with Crippen LogP contribution in [0.2, 0.25) is 5.02 Å². The normalized spacial score (nSPS) is 9.82. The molecule has 2 aromatic carbocycles. The average Bonchev–Trinajstić information content (AvgIpc) is 2.46. The SMILES string of the molecule is Cl.N#Cc1cc(N)cc(Nc2ccnc3cc(Cl)ccc23)c1. The van der Waals surface area contributed by atoms with Gasteiger partial charge in [-0.25, -0.2) is 0 Å². The highest BCUT2D eigenvalue weighted by molar-refractivity contribution is 6.31. The highest BCUT2D eigenvalue weighted by Crippen LogP contribution is 2.28. The first-order valence-electron chi connectivity index (χ1n) is 6.28. The van der Waals surface area contributed by atoms with E-state index < -0.39 is 0 Å². The average molecular weight is 331 g/mol. The molecule has 110 valence electrons. The van der Waals surface area contributed by atoms with Gasteiger partial charge >= 0.3 is 0 Å². The summed E-state index contributed by atoms with van der Waals surface area (Å²) in [7, 11) is 0. The molecule has 0 radical (unpaired) electrons. The van der Waals surface area contributed by atoms with Crippen molar-refractivity contribution in [3.8, 4) is 6.07 Å². The van der Waals surface area contributed by atoms with Crippen molar-refractivity contribution in [2.75, 3.05) is 11.1 Å². The van der Waals surface area contributed by atoms with Crippen LogP contribution >= 0.6 is 24.0 Å². The second-order valence-corrected chi connectivity index (χ2v) is 5.04. The molecule has 0 saturated heterocycles. The van der Waals surface area contributed by atoms with Crippen molar-refractivity contribution in [3.63, 3.8) is 0 Å². The van der Waals surface area contributed by atoms with Crippen LogP contribution in [-0.2, 0) is 0 Å². The molecule has 0 atom stereocenters. The number of rotatable bonds is 2. The number of nitrogens with zero attached hydrogens (tertiary/aromatic N) is 2. The highest BCUT2D eigenvalue weighted by Gasteiger charge is 2.04. The predicted octanol–water partition coefficient (Wildman–Crippen LogP) is 4.51. The minimum absolute atomic E-state index is 0. The van der Waals surface area contributed by atoms with E-state index in [1.54, 1.807) is 24.4 Å². The Morgan fingerprint density at radius 1 is 1.14 bits per heavy atom. The quantitative estimate of drug-likeness (QED) is 0.678. The maximum atomic E-state index is 9.00. The van der Waals surface area contributed by atoms with Gasteiger partial charge in [-0.3, -0.25) is 4.98 Å². The summed E-state index contributed by atoms with van der Waals surface area (Å²) in [6.45, 7) is 0. The van der Waals surface area contributed by atoms with E-state index in [2.05, 4.69) is 16.4 Å². The van der Waals surface area contributed by atoms with Crippen molar-refractivity contribution in [3.05, 3.63) is 59.2 Å². The van der Waals surface area contributed by atoms with Crippen LogP contribution in [0.25, 0.3) is 10.9 Å². The lowest BCUT2D eigenvalue weighted by molar-refractivity contribution is 1.40. The summed E-state index contributed by atoms with van der Waals surface area (Å²) in [6.07, 6.45) is 1.71. The molecule has 0 fully saturated rings. The first-order chi connectivity index (χ1) is 10.2. The van der Waals surface area contributed by atoms with Crippen LogP contribution in [0.3, 0.4) is 0 Å². The fourth-order valence-electron chi connectivity index (χ4n) is 2.17. The molecule has 3 N–H and O–H groups in total. The lowest BCUT2D eigenvalue weighted by atomic mass is 10.1. The van der Waals surface area contributed by atoms with E-state index in [0.717, 1.165) is 22.3 Å². The van der Waals surface area contributed by atoms with Gasteiger partial charge in [0.05, 0.1) is 17.1 Å². The first-order valence-corrected chi connectivity index (χ1v) is 6.65. The van der Waals surface area contributed by atoms with Crippen molar-refractivity contribution in [2.45, 2.75) is 0 Å². The van der Waals surface area contributed by atoms with E-state index in [4.69, 9.17) is 22.6 Å². The van der Waals surface area contributed by atoms with Gasteiger partial charge in [0.15, 0.2) is 0 Å². The van der Waals surface area contributed by atoms with Crippen molar-refractivity contribution in [1.82, 2.24) is 4.98 Å². The number of hydrogen-bond acceptors (Lipinski definition) is 4. The molecule has 0 unspecified atom stereocenters. The molecule has 0 aliphatic rings. The smallest absolute Gasteiger partial charge is 0.0993 e. The third-order valence-electron chi connectivity index (χ3n) is 3.07. The molecule has 6 heteroatoms. The van der Waals surface area contributed by atoms with Gasteiger partial charge in [0.1, 0.15) is 0 Å². The minimum Gasteiger partial charge on any atom is -0.399 e. The summed E-state index contributed by atoms with van der Waals surface area (Å²) in [4.78, 5) is 4.29. The highest BCUT2D eigenvalue weighted by atomic mass is 35.5. The van der Waals surface area contributed by atoms with Gasteiger partial charge in [-0.05, 0) is 42.5 Å². The maximum absolute atomic E-state index is 9.00. The van der Waals surface area contributed by atoms with Gasteiger partial charge in [-0.2, -0.15) is 5.26 Å². The molecular formula is C16H12Cl2N4. The number of aromatic nitrogens is 1. The Morgan fingerprint density at radius 3 is 2.73 bits per heavy atom. The molecule has 1 heterocycles. The minimum atomic E-state index is 0. The molecule has 0 bridgehead atoms. The molecule has 3 aromatic rings. The van der Waals surface area contributed by atoms with Crippen LogP contribution in [0.4, 0.5) is 17.1 Å². The summed E-state index contributed by atoms with van der Waals surface area (Å²) in [5, 5.41) is 13.9. The number of halogens is 2. The van der Waals surface area contributed by atoms with E-state index in [-0.39, 0.29) is 12.4 Å². The lowest BCUT2D eigenvalue weighted by Crippen LogP contribution is -1.95. The summed E-state index contributed by atoms with van der Waals surface area (Å²) < 4.78 is 0. The monoisotopic (exact) mass is 330 g/mol. The topological polar surface area (TPSA) is 74.7 Å². The molecule has 0 spiro atoms.